The molecule has 0 spiro atoms. The summed E-state index contributed by atoms with van der Waals surface area (Å²) in [5.74, 6) is 0.964. The van der Waals surface area contributed by atoms with Crippen molar-refractivity contribution < 1.29 is 4.74 Å². The van der Waals surface area contributed by atoms with E-state index in [2.05, 4.69) is 45.3 Å². The minimum absolute atomic E-state index is 0.412. The number of benzene rings is 1. The molecular formula is C27H33N7O. The van der Waals surface area contributed by atoms with E-state index in [1.54, 1.807) is 12.4 Å². The Bertz CT molecular complexity index is 1220. The van der Waals surface area contributed by atoms with Crippen LogP contribution < -0.4 is 20.7 Å². The molecular weight excluding hydrogens is 438 g/mol. The summed E-state index contributed by atoms with van der Waals surface area (Å²) in [4.78, 5) is 19.1. The third-order valence-electron chi connectivity index (χ3n) is 7.67. The molecule has 3 aliphatic rings. The Labute approximate surface area is 206 Å². The Morgan fingerprint density at radius 1 is 1.14 bits per heavy atom. The fourth-order valence-corrected chi connectivity index (χ4v) is 5.75. The second-order valence-electron chi connectivity index (χ2n) is 9.99. The zero-order chi connectivity index (χ0) is 23.8. The molecule has 1 aromatic carbocycles. The SMILES string of the molecule is CN1CCC[C@H]1COc1nc(N2CC3CCC(C2)N3)c2ccc(/C(=C/N)c3ccccn3)cc2n1. The van der Waals surface area contributed by atoms with Gasteiger partial charge < -0.3 is 25.6 Å². The van der Waals surface area contributed by atoms with Crippen LogP contribution in [0.25, 0.3) is 16.5 Å². The molecule has 3 N–H and O–H groups in total. The van der Waals surface area contributed by atoms with Crippen molar-refractivity contribution in [2.24, 2.45) is 5.73 Å². The summed E-state index contributed by atoms with van der Waals surface area (Å²) in [7, 11) is 2.16. The molecule has 35 heavy (non-hydrogen) atoms. The fourth-order valence-electron chi connectivity index (χ4n) is 5.75. The summed E-state index contributed by atoms with van der Waals surface area (Å²) in [6.45, 7) is 3.64. The predicted molar refractivity (Wildman–Crippen MR) is 138 cm³/mol. The molecule has 3 atom stereocenters. The molecule has 2 aromatic heterocycles. The Kier molecular flexibility index (Phi) is 6.00. The maximum atomic E-state index is 6.22. The smallest absolute Gasteiger partial charge is 0.319 e. The highest BCUT2D eigenvalue weighted by Gasteiger charge is 2.34. The zero-order valence-electron chi connectivity index (χ0n) is 20.2. The van der Waals surface area contributed by atoms with Crippen LogP contribution in [-0.2, 0) is 0 Å². The molecule has 5 heterocycles. The number of ether oxygens (including phenoxy) is 1. The maximum absolute atomic E-state index is 6.22. The third-order valence-corrected chi connectivity index (χ3v) is 7.67. The van der Waals surface area contributed by atoms with Crippen molar-refractivity contribution in [2.75, 3.05) is 38.2 Å². The summed E-state index contributed by atoms with van der Waals surface area (Å²) < 4.78 is 6.22. The number of nitrogens with two attached hydrogens (primary N) is 1. The lowest BCUT2D eigenvalue weighted by Crippen LogP contribution is -2.51. The summed E-state index contributed by atoms with van der Waals surface area (Å²) in [6.07, 6.45) is 8.21. The third kappa shape index (κ3) is 4.44. The maximum Gasteiger partial charge on any atom is 0.319 e. The van der Waals surface area contributed by atoms with E-state index in [0.29, 0.717) is 30.7 Å². The van der Waals surface area contributed by atoms with Crippen LogP contribution in [0.3, 0.4) is 0 Å². The predicted octanol–water partition coefficient (Wildman–Crippen LogP) is 2.79. The first-order valence-corrected chi connectivity index (χ1v) is 12.7. The number of nitrogens with one attached hydrogen (secondary N) is 1. The van der Waals surface area contributed by atoms with Gasteiger partial charge in [-0.25, -0.2) is 0 Å². The summed E-state index contributed by atoms with van der Waals surface area (Å²) >= 11 is 0. The molecule has 6 rings (SSSR count). The Balaban J connectivity index is 1.38. The van der Waals surface area contributed by atoms with Crippen molar-refractivity contribution in [3.63, 3.8) is 0 Å². The number of piperazine rings is 1. The zero-order valence-corrected chi connectivity index (χ0v) is 20.2. The van der Waals surface area contributed by atoms with E-state index >= 15 is 0 Å². The average molecular weight is 472 g/mol. The lowest BCUT2D eigenvalue weighted by atomic mass is 10.0. The van der Waals surface area contributed by atoms with Gasteiger partial charge >= 0.3 is 6.01 Å². The van der Waals surface area contributed by atoms with Gasteiger partial charge in [0.25, 0.3) is 0 Å². The molecule has 0 saturated carbocycles. The van der Waals surface area contributed by atoms with Gasteiger partial charge in [0.1, 0.15) is 12.4 Å². The van der Waals surface area contributed by atoms with Gasteiger partial charge in [-0.2, -0.15) is 9.97 Å². The van der Waals surface area contributed by atoms with Gasteiger partial charge in [0.05, 0.1) is 11.2 Å². The number of pyridine rings is 1. The lowest BCUT2D eigenvalue weighted by molar-refractivity contribution is 0.188. The van der Waals surface area contributed by atoms with Crippen molar-refractivity contribution in [1.82, 2.24) is 25.2 Å². The van der Waals surface area contributed by atoms with Crippen LogP contribution >= 0.6 is 0 Å². The quantitative estimate of drug-likeness (QED) is 0.567. The number of fused-ring (bicyclic) bond motifs is 3. The van der Waals surface area contributed by atoms with E-state index in [0.717, 1.165) is 59.6 Å². The van der Waals surface area contributed by atoms with Crippen LogP contribution in [0, 0.1) is 0 Å². The van der Waals surface area contributed by atoms with Gasteiger partial charge in [0.15, 0.2) is 0 Å². The van der Waals surface area contributed by atoms with Crippen LogP contribution in [0.4, 0.5) is 5.82 Å². The van der Waals surface area contributed by atoms with Crippen LogP contribution in [0.15, 0.2) is 48.8 Å². The molecule has 8 nitrogen and oxygen atoms in total. The van der Waals surface area contributed by atoms with Crippen LogP contribution in [-0.4, -0.2) is 71.3 Å². The molecule has 3 aromatic rings. The van der Waals surface area contributed by atoms with Crippen LogP contribution in [0.1, 0.15) is 36.9 Å². The molecule has 0 radical (unpaired) electrons. The van der Waals surface area contributed by atoms with E-state index in [-0.39, 0.29) is 0 Å². The van der Waals surface area contributed by atoms with Crippen molar-refractivity contribution in [2.45, 2.75) is 43.8 Å². The minimum Gasteiger partial charge on any atom is -0.462 e. The molecule has 182 valence electrons. The number of likely N-dealkylation sites (tertiary alicyclic amines) is 1. The van der Waals surface area contributed by atoms with Gasteiger partial charge in [0.2, 0.25) is 0 Å². The summed E-state index contributed by atoms with van der Waals surface area (Å²) in [5, 5.41) is 4.76. The first kappa shape index (κ1) is 22.2. The summed E-state index contributed by atoms with van der Waals surface area (Å²) in [6, 6.07) is 14.0. The number of rotatable bonds is 6. The van der Waals surface area contributed by atoms with E-state index in [4.69, 9.17) is 20.4 Å². The summed E-state index contributed by atoms with van der Waals surface area (Å²) in [5.41, 5.74) is 9.60. The highest BCUT2D eigenvalue weighted by Crippen LogP contribution is 2.33. The van der Waals surface area contributed by atoms with Crippen molar-refractivity contribution >= 4 is 22.3 Å². The van der Waals surface area contributed by atoms with E-state index in [1.165, 1.54) is 19.3 Å². The first-order chi connectivity index (χ1) is 17.2. The molecule has 3 aliphatic heterocycles. The molecule has 3 fully saturated rings. The lowest BCUT2D eigenvalue weighted by Gasteiger charge is -2.34. The van der Waals surface area contributed by atoms with Crippen LogP contribution in [0.2, 0.25) is 0 Å². The topological polar surface area (TPSA) is 92.4 Å². The molecule has 8 heteroatoms. The molecule has 0 aliphatic carbocycles. The Morgan fingerprint density at radius 2 is 2.00 bits per heavy atom. The van der Waals surface area contributed by atoms with Gasteiger partial charge in [0, 0.05) is 54.6 Å². The largest absolute Gasteiger partial charge is 0.462 e. The number of likely N-dealkylation sites (N-methyl/N-ethyl adjacent to an activating group) is 1. The van der Waals surface area contributed by atoms with Crippen molar-refractivity contribution in [1.29, 1.82) is 0 Å². The number of hydrogen-bond acceptors (Lipinski definition) is 8. The van der Waals surface area contributed by atoms with Gasteiger partial charge in [-0.05, 0) is 69.1 Å². The number of nitrogens with zero attached hydrogens (tertiary/aromatic N) is 5. The second kappa shape index (κ2) is 9.43. The van der Waals surface area contributed by atoms with Crippen molar-refractivity contribution in [3.8, 4) is 6.01 Å². The Morgan fingerprint density at radius 3 is 2.71 bits per heavy atom. The fraction of sp³-hybridized carbons (Fsp3) is 0.444. The number of hydrogen-bond donors (Lipinski definition) is 2. The standard InChI is InChI=1S/C27H33N7O/c1-33-12-4-5-21(33)17-35-27-31-25-13-18(23(14-28)24-6-2-3-11-29-24)7-10-22(25)26(32-27)34-15-19-8-9-20(16-34)30-19/h2-3,6-7,10-11,13-14,19-21,30H,4-5,8-9,12,15-17,28H2,1H3/b23-14-/t19?,20?,21-/m0/s1. The van der Waals surface area contributed by atoms with Gasteiger partial charge in [-0.15, -0.1) is 0 Å². The molecule has 2 bridgehead atoms. The molecule has 0 amide bonds. The van der Waals surface area contributed by atoms with Crippen LogP contribution in [0.5, 0.6) is 6.01 Å². The molecule has 3 saturated heterocycles. The average Bonchev–Trinajstić information content (AvgIpc) is 3.46. The minimum atomic E-state index is 0.412. The van der Waals surface area contributed by atoms with Gasteiger partial charge in [-0.3, -0.25) is 4.98 Å². The number of aromatic nitrogens is 3. The highest BCUT2D eigenvalue weighted by atomic mass is 16.5. The van der Waals surface area contributed by atoms with E-state index in [1.807, 2.05) is 18.2 Å². The first-order valence-electron chi connectivity index (χ1n) is 12.7. The van der Waals surface area contributed by atoms with E-state index in [9.17, 15) is 0 Å². The monoisotopic (exact) mass is 471 g/mol. The van der Waals surface area contributed by atoms with Gasteiger partial charge in [-0.1, -0.05) is 12.1 Å². The van der Waals surface area contributed by atoms with E-state index < -0.39 is 0 Å². The molecule has 2 unspecified atom stereocenters. The highest BCUT2D eigenvalue weighted by molar-refractivity contribution is 5.93. The second-order valence-corrected chi connectivity index (χ2v) is 9.99. The normalized spacial score (nSPS) is 24.9. The Hall–Kier alpha value is -3.23. The number of anilines is 1. The van der Waals surface area contributed by atoms with Crippen molar-refractivity contribution in [3.05, 3.63) is 60.1 Å².